The van der Waals surface area contributed by atoms with Crippen LogP contribution in [0.4, 0.5) is 24.5 Å². The van der Waals surface area contributed by atoms with E-state index in [0.29, 0.717) is 6.07 Å². The molecule has 0 aliphatic carbocycles. The Labute approximate surface area is 177 Å². The van der Waals surface area contributed by atoms with E-state index in [-0.39, 0.29) is 35.3 Å². The molecule has 0 atom stereocenters. The molecule has 31 heavy (non-hydrogen) atoms. The Morgan fingerprint density at radius 3 is 2.29 bits per heavy atom. The molecule has 0 spiro atoms. The van der Waals surface area contributed by atoms with Crippen LogP contribution in [0.25, 0.3) is 0 Å². The molecule has 1 amide bonds. The van der Waals surface area contributed by atoms with E-state index in [9.17, 15) is 26.4 Å². The molecule has 0 fully saturated rings. The summed E-state index contributed by atoms with van der Waals surface area (Å²) in [5.41, 5.74) is -1.32. The molecule has 0 aliphatic heterocycles. The summed E-state index contributed by atoms with van der Waals surface area (Å²) >= 11 is 0. The topological polar surface area (TPSA) is 103 Å². The van der Waals surface area contributed by atoms with Gasteiger partial charge in [0.05, 0.1) is 25.0 Å². The zero-order valence-corrected chi connectivity index (χ0v) is 17.7. The fourth-order valence-electron chi connectivity index (χ4n) is 2.51. The number of nitrogens with one attached hydrogen (secondary N) is 2. The van der Waals surface area contributed by atoms with Gasteiger partial charge in [0, 0.05) is 19.7 Å². The first kappa shape index (κ1) is 24.3. The first-order valence-electron chi connectivity index (χ1n) is 8.79. The van der Waals surface area contributed by atoms with Gasteiger partial charge in [-0.3, -0.25) is 9.52 Å². The molecule has 170 valence electrons. The molecule has 2 rings (SSSR count). The van der Waals surface area contributed by atoms with Crippen LogP contribution >= 0.6 is 0 Å². The molecule has 0 aliphatic rings. The number of alkyl halides is 3. The molecular formula is C19H21F3N2O6S. The van der Waals surface area contributed by atoms with Crippen molar-refractivity contribution in [2.45, 2.75) is 18.0 Å². The molecule has 0 heterocycles. The quantitative estimate of drug-likeness (QED) is 0.553. The summed E-state index contributed by atoms with van der Waals surface area (Å²) in [6, 6.07) is 6.27. The third kappa shape index (κ3) is 6.49. The summed E-state index contributed by atoms with van der Waals surface area (Å²) in [6.45, 7) is 1.36. The van der Waals surface area contributed by atoms with Crippen LogP contribution in [-0.2, 0) is 25.7 Å². The lowest BCUT2D eigenvalue weighted by Gasteiger charge is -2.17. The molecule has 0 saturated carbocycles. The molecule has 2 N–H and O–H groups in total. The maximum atomic E-state index is 13.2. The van der Waals surface area contributed by atoms with Crippen LogP contribution in [0.5, 0.6) is 11.5 Å². The predicted octanol–water partition coefficient (Wildman–Crippen LogP) is 3.50. The number of hydrogen-bond donors (Lipinski definition) is 2. The number of sulfonamides is 1. The van der Waals surface area contributed by atoms with Crippen molar-refractivity contribution in [1.82, 2.24) is 0 Å². The Kier molecular flexibility index (Phi) is 7.74. The van der Waals surface area contributed by atoms with Crippen molar-refractivity contribution >= 4 is 27.3 Å². The van der Waals surface area contributed by atoms with Crippen LogP contribution in [0, 0.1) is 0 Å². The van der Waals surface area contributed by atoms with Gasteiger partial charge >= 0.3 is 6.18 Å². The van der Waals surface area contributed by atoms with E-state index in [1.807, 2.05) is 0 Å². The summed E-state index contributed by atoms with van der Waals surface area (Å²) in [5.74, 6) is -0.630. The lowest BCUT2D eigenvalue weighted by Crippen LogP contribution is -2.17. The molecule has 0 radical (unpaired) electrons. The molecule has 0 saturated heterocycles. The molecule has 8 nitrogen and oxygen atoms in total. The molecule has 0 unspecified atom stereocenters. The van der Waals surface area contributed by atoms with Crippen LogP contribution in [0.3, 0.4) is 0 Å². The van der Waals surface area contributed by atoms with Crippen molar-refractivity contribution in [1.29, 1.82) is 0 Å². The Balaban J connectivity index is 2.50. The van der Waals surface area contributed by atoms with E-state index < -0.39 is 33.4 Å². The van der Waals surface area contributed by atoms with Crippen molar-refractivity contribution in [2.75, 3.05) is 37.5 Å². The number of halogens is 3. The Morgan fingerprint density at radius 2 is 1.71 bits per heavy atom. The van der Waals surface area contributed by atoms with Gasteiger partial charge < -0.3 is 19.5 Å². The van der Waals surface area contributed by atoms with Crippen LogP contribution in [-0.4, -0.2) is 41.8 Å². The smallest absolute Gasteiger partial charge is 0.416 e. The van der Waals surface area contributed by atoms with Gasteiger partial charge in [-0.25, -0.2) is 8.42 Å². The highest BCUT2D eigenvalue weighted by Gasteiger charge is 2.32. The van der Waals surface area contributed by atoms with Gasteiger partial charge in [-0.05, 0) is 36.4 Å². The normalized spacial score (nSPS) is 11.7. The van der Waals surface area contributed by atoms with Crippen molar-refractivity contribution in [3.8, 4) is 11.5 Å². The largest absolute Gasteiger partial charge is 0.495 e. The second-order valence-corrected chi connectivity index (χ2v) is 7.85. The van der Waals surface area contributed by atoms with Crippen molar-refractivity contribution < 1.29 is 40.6 Å². The number of carbonyl (C=O) groups is 1. The highest BCUT2D eigenvalue weighted by molar-refractivity contribution is 7.92. The van der Waals surface area contributed by atoms with E-state index in [0.717, 1.165) is 18.2 Å². The van der Waals surface area contributed by atoms with Gasteiger partial charge in [0.1, 0.15) is 23.0 Å². The highest BCUT2D eigenvalue weighted by atomic mass is 32.2. The SMILES string of the molecule is COCCOc1ccc(C(F)(F)F)cc1NS(=O)(=O)c1cc(NC(C)=O)ccc1OC. The number of hydrogen-bond acceptors (Lipinski definition) is 6. The van der Waals surface area contributed by atoms with Crippen LogP contribution < -0.4 is 19.5 Å². The summed E-state index contributed by atoms with van der Waals surface area (Å²) in [5, 5.41) is 2.43. The number of ether oxygens (including phenoxy) is 3. The minimum Gasteiger partial charge on any atom is -0.495 e. The predicted molar refractivity (Wildman–Crippen MR) is 107 cm³/mol. The van der Waals surface area contributed by atoms with Gasteiger partial charge in [0.15, 0.2) is 0 Å². The van der Waals surface area contributed by atoms with Crippen molar-refractivity contribution in [3.05, 3.63) is 42.0 Å². The van der Waals surface area contributed by atoms with Gasteiger partial charge in [-0.15, -0.1) is 0 Å². The van der Waals surface area contributed by atoms with E-state index in [1.54, 1.807) is 0 Å². The third-order valence-electron chi connectivity index (χ3n) is 3.87. The van der Waals surface area contributed by atoms with Crippen LogP contribution in [0.15, 0.2) is 41.3 Å². The molecule has 2 aromatic carbocycles. The molecular weight excluding hydrogens is 441 g/mol. The molecule has 12 heteroatoms. The second-order valence-electron chi connectivity index (χ2n) is 6.20. The van der Waals surface area contributed by atoms with Crippen molar-refractivity contribution in [3.63, 3.8) is 0 Å². The minimum atomic E-state index is -4.70. The zero-order valence-electron chi connectivity index (χ0n) is 16.9. The molecule has 0 aromatic heterocycles. The first-order valence-corrected chi connectivity index (χ1v) is 10.3. The summed E-state index contributed by atoms with van der Waals surface area (Å²) in [6.07, 6.45) is -4.70. The Bertz CT molecular complexity index is 1040. The van der Waals surface area contributed by atoms with E-state index in [1.165, 1.54) is 33.3 Å². The standard InChI is InChI=1S/C19H21F3N2O6S/c1-12(25)23-14-5-7-17(29-3)18(11-14)31(26,27)24-15-10-13(19(20,21)22)4-6-16(15)30-9-8-28-2/h4-7,10-11,24H,8-9H2,1-3H3,(H,23,25). The number of anilines is 2. The summed E-state index contributed by atoms with van der Waals surface area (Å²) in [4.78, 5) is 10.9. The lowest BCUT2D eigenvalue weighted by molar-refractivity contribution is -0.137. The zero-order chi connectivity index (χ0) is 23.2. The van der Waals surface area contributed by atoms with Crippen LogP contribution in [0.2, 0.25) is 0 Å². The number of amides is 1. The van der Waals surface area contributed by atoms with E-state index in [4.69, 9.17) is 14.2 Å². The number of methoxy groups -OCH3 is 2. The summed E-state index contributed by atoms with van der Waals surface area (Å²) < 4.78 is 82.8. The summed E-state index contributed by atoms with van der Waals surface area (Å²) in [7, 11) is -1.79. The van der Waals surface area contributed by atoms with Gasteiger partial charge in [-0.2, -0.15) is 13.2 Å². The lowest BCUT2D eigenvalue weighted by atomic mass is 10.2. The Hall–Kier alpha value is -2.99. The molecule has 2 aromatic rings. The fourth-order valence-corrected chi connectivity index (χ4v) is 3.77. The van der Waals surface area contributed by atoms with E-state index in [2.05, 4.69) is 10.0 Å². The monoisotopic (exact) mass is 462 g/mol. The first-order chi connectivity index (χ1) is 14.5. The minimum absolute atomic E-state index is 0.0159. The third-order valence-corrected chi connectivity index (χ3v) is 5.26. The highest BCUT2D eigenvalue weighted by Crippen LogP contribution is 2.37. The maximum Gasteiger partial charge on any atom is 0.416 e. The number of carbonyl (C=O) groups excluding carboxylic acids is 1. The average molecular weight is 462 g/mol. The maximum absolute atomic E-state index is 13.2. The average Bonchev–Trinajstić information content (AvgIpc) is 2.67. The van der Waals surface area contributed by atoms with Gasteiger partial charge in [-0.1, -0.05) is 0 Å². The van der Waals surface area contributed by atoms with E-state index >= 15 is 0 Å². The number of rotatable bonds is 9. The number of benzene rings is 2. The second kappa shape index (κ2) is 9.88. The fraction of sp³-hybridized carbons (Fsp3) is 0.316. The van der Waals surface area contributed by atoms with Gasteiger partial charge in [0.25, 0.3) is 10.0 Å². The van der Waals surface area contributed by atoms with Crippen molar-refractivity contribution in [2.24, 2.45) is 0 Å². The van der Waals surface area contributed by atoms with Gasteiger partial charge in [0.2, 0.25) is 5.91 Å². The Morgan fingerprint density at radius 1 is 1.03 bits per heavy atom. The van der Waals surface area contributed by atoms with Crippen LogP contribution in [0.1, 0.15) is 12.5 Å². The molecule has 0 bridgehead atoms.